The molecule has 0 bridgehead atoms. The van der Waals surface area contributed by atoms with Gasteiger partial charge in [0.1, 0.15) is 6.04 Å². The van der Waals surface area contributed by atoms with Crippen LogP contribution in [0.25, 0.3) is 0 Å². The summed E-state index contributed by atoms with van der Waals surface area (Å²) in [6.07, 6.45) is 0.794. The maximum Gasteiger partial charge on any atom is 0.240 e. The highest BCUT2D eigenvalue weighted by molar-refractivity contribution is 6.42. The Bertz CT molecular complexity index is 617. The van der Waals surface area contributed by atoms with Gasteiger partial charge < -0.3 is 22.1 Å². The molecule has 0 fully saturated rings. The lowest BCUT2D eigenvalue weighted by molar-refractivity contribution is -0.123. The van der Waals surface area contributed by atoms with E-state index in [0.29, 0.717) is 30.1 Å². The molecule has 0 aliphatic carbocycles. The van der Waals surface area contributed by atoms with E-state index in [0.717, 1.165) is 0 Å². The average Bonchev–Trinajstić information content (AvgIpc) is 2.44. The molecule has 126 valence electrons. The second-order valence-corrected chi connectivity index (χ2v) is 5.67. The molecule has 1 rings (SSSR count). The van der Waals surface area contributed by atoms with Crippen molar-refractivity contribution >= 4 is 46.7 Å². The first-order valence-electron chi connectivity index (χ1n) is 6.83. The number of aliphatic imine (C=N–C) groups is 1. The van der Waals surface area contributed by atoms with Crippen LogP contribution in [0.4, 0.5) is 5.69 Å². The molecular formula is C14H19Cl2N5O2. The third-order valence-electron chi connectivity index (χ3n) is 3.09. The third kappa shape index (κ3) is 5.61. The predicted octanol–water partition coefficient (Wildman–Crippen LogP) is 1.25. The van der Waals surface area contributed by atoms with Crippen LogP contribution in [0.15, 0.2) is 23.2 Å². The van der Waals surface area contributed by atoms with Crippen molar-refractivity contribution in [1.29, 1.82) is 0 Å². The number of carbonyl (C=O) groups excluding carboxylic acids is 2. The number of anilines is 1. The number of halogens is 2. The molecule has 0 aliphatic rings. The van der Waals surface area contributed by atoms with E-state index in [4.69, 9.17) is 40.4 Å². The number of hydrogen-bond donors (Lipinski definition) is 3. The molecule has 1 aromatic carbocycles. The van der Waals surface area contributed by atoms with Crippen LogP contribution in [0, 0.1) is 0 Å². The number of hydrogen-bond acceptors (Lipinski definition) is 3. The first-order valence-corrected chi connectivity index (χ1v) is 7.59. The molecule has 0 aliphatic heterocycles. The number of benzene rings is 1. The zero-order valence-corrected chi connectivity index (χ0v) is 14.1. The molecule has 0 saturated carbocycles. The van der Waals surface area contributed by atoms with Crippen molar-refractivity contribution in [3.8, 4) is 0 Å². The smallest absolute Gasteiger partial charge is 0.240 e. The molecule has 7 nitrogen and oxygen atoms in total. The highest BCUT2D eigenvalue weighted by atomic mass is 35.5. The Labute approximate surface area is 144 Å². The van der Waals surface area contributed by atoms with Crippen molar-refractivity contribution in [2.75, 3.05) is 11.4 Å². The van der Waals surface area contributed by atoms with Gasteiger partial charge in [-0.05, 0) is 31.0 Å². The lowest BCUT2D eigenvalue weighted by Gasteiger charge is -2.29. The molecule has 6 N–H and O–H groups in total. The maximum absolute atomic E-state index is 12.0. The number of carbonyl (C=O) groups is 2. The van der Waals surface area contributed by atoms with E-state index in [2.05, 4.69) is 4.99 Å². The number of amides is 2. The van der Waals surface area contributed by atoms with Gasteiger partial charge in [-0.15, -0.1) is 0 Å². The molecule has 0 heterocycles. The van der Waals surface area contributed by atoms with Gasteiger partial charge in [-0.2, -0.15) is 0 Å². The summed E-state index contributed by atoms with van der Waals surface area (Å²) in [4.78, 5) is 28.9. The second kappa shape index (κ2) is 8.59. The Morgan fingerprint density at radius 3 is 2.35 bits per heavy atom. The van der Waals surface area contributed by atoms with Gasteiger partial charge in [-0.25, -0.2) is 0 Å². The number of guanidine groups is 1. The van der Waals surface area contributed by atoms with Gasteiger partial charge in [-0.3, -0.25) is 14.6 Å². The average molecular weight is 360 g/mol. The van der Waals surface area contributed by atoms with Crippen LogP contribution in [0.3, 0.4) is 0 Å². The number of rotatable bonds is 7. The summed E-state index contributed by atoms with van der Waals surface area (Å²) in [6, 6.07) is 3.82. The van der Waals surface area contributed by atoms with Crippen molar-refractivity contribution in [2.24, 2.45) is 22.2 Å². The fourth-order valence-corrected chi connectivity index (χ4v) is 2.40. The molecule has 0 aromatic heterocycles. The minimum atomic E-state index is -0.834. The highest BCUT2D eigenvalue weighted by Gasteiger charge is 2.27. The van der Waals surface area contributed by atoms with Gasteiger partial charge in [-0.1, -0.05) is 23.2 Å². The Morgan fingerprint density at radius 2 is 1.87 bits per heavy atom. The van der Waals surface area contributed by atoms with Crippen LogP contribution in [0.2, 0.25) is 10.0 Å². The number of primary amides is 1. The van der Waals surface area contributed by atoms with Crippen molar-refractivity contribution < 1.29 is 9.59 Å². The Kier molecular flexibility index (Phi) is 7.12. The summed E-state index contributed by atoms with van der Waals surface area (Å²) >= 11 is 11.9. The van der Waals surface area contributed by atoms with Crippen molar-refractivity contribution in [1.82, 2.24) is 0 Å². The third-order valence-corrected chi connectivity index (χ3v) is 3.83. The van der Waals surface area contributed by atoms with Gasteiger partial charge >= 0.3 is 0 Å². The topological polar surface area (TPSA) is 128 Å². The summed E-state index contributed by atoms with van der Waals surface area (Å²) in [5.74, 6) is -1.00. The maximum atomic E-state index is 12.0. The van der Waals surface area contributed by atoms with Crippen LogP contribution in [0.1, 0.15) is 19.8 Å². The Morgan fingerprint density at radius 1 is 1.22 bits per heavy atom. The van der Waals surface area contributed by atoms with E-state index >= 15 is 0 Å². The number of nitrogens with two attached hydrogens (primary N) is 3. The summed E-state index contributed by atoms with van der Waals surface area (Å²) in [5.41, 5.74) is 16.4. The lowest BCUT2D eigenvalue weighted by Crippen LogP contribution is -2.47. The zero-order valence-electron chi connectivity index (χ0n) is 12.6. The van der Waals surface area contributed by atoms with Crippen LogP contribution in [-0.4, -0.2) is 30.4 Å². The summed E-state index contributed by atoms with van der Waals surface area (Å²) in [5, 5.41) is 0.626. The molecule has 0 saturated heterocycles. The molecule has 1 aromatic rings. The molecule has 1 atom stereocenters. The largest absolute Gasteiger partial charge is 0.370 e. The Hall–Kier alpha value is -1.99. The van der Waals surface area contributed by atoms with Crippen LogP contribution in [0.5, 0.6) is 0 Å². The predicted molar refractivity (Wildman–Crippen MR) is 92.5 cm³/mol. The fraction of sp³-hybridized carbons (Fsp3) is 0.357. The van der Waals surface area contributed by atoms with E-state index in [-0.39, 0.29) is 16.9 Å². The summed E-state index contributed by atoms with van der Waals surface area (Å²) in [7, 11) is 0. The van der Waals surface area contributed by atoms with E-state index in [1.165, 1.54) is 17.9 Å². The summed E-state index contributed by atoms with van der Waals surface area (Å²) < 4.78 is 0. The van der Waals surface area contributed by atoms with Gasteiger partial charge in [0.05, 0.1) is 10.0 Å². The zero-order chi connectivity index (χ0) is 17.6. The molecule has 9 heteroatoms. The van der Waals surface area contributed by atoms with Gasteiger partial charge in [0.2, 0.25) is 11.8 Å². The van der Waals surface area contributed by atoms with E-state index in [1.807, 2.05) is 0 Å². The van der Waals surface area contributed by atoms with E-state index in [9.17, 15) is 9.59 Å². The number of nitrogens with zero attached hydrogens (tertiary/aromatic N) is 2. The van der Waals surface area contributed by atoms with Gasteiger partial charge in [0.25, 0.3) is 0 Å². The minimum Gasteiger partial charge on any atom is -0.370 e. The Balaban J connectivity index is 3.02. The standard InChI is InChI=1S/C14H19Cl2N5O2/c1-8(22)21(9-4-5-10(15)11(16)7-9)12(13(17)23)3-2-6-20-14(18)19/h4-5,7,12H,2-3,6H2,1H3,(H2,17,23)(H4,18,19,20)/t12-/m0/s1. The van der Waals surface area contributed by atoms with Crippen molar-refractivity contribution in [3.63, 3.8) is 0 Å². The molecule has 23 heavy (non-hydrogen) atoms. The molecule has 0 spiro atoms. The van der Waals surface area contributed by atoms with Gasteiger partial charge in [0, 0.05) is 19.2 Å². The van der Waals surface area contributed by atoms with Crippen LogP contribution >= 0.6 is 23.2 Å². The minimum absolute atomic E-state index is 0.0338. The fourth-order valence-electron chi connectivity index (χ4n) is 2.11. The second-order valence-electron chi connectivity index (χ2n) is 4.85. The molecule has 2 amide bonds. The quantitative estimate of drug-likeness (QED) is 0.384. The highest BCUT2D eigenvalue weighted by Crippen LogP contribution is 2.29. The lowest BCUT2D eigenvalue weighted by atomic mass is 10.1. The van der Waals surface area contributed by atoms with Crippen molar-refractivity contribution in [2.45, 2.75) is 25.8 Å². The van der Waals surface area contributed by atoms with Crippen molar-refractivity contribution in [3.05, 3.63) is 28.2 Å². The SMILES string of the molecule is CC(=O)N(c1ccc(Cl)c(Cl)c1)[C@@H](CCCN=C(N)N)C(N)=O. The first kappa shape index (κ1) is 19.1. The van der Waals surface area contributed by atoms with E-state index in [1.54, 1.807) is 12.1 Å². The van der Waals surface area contributed by atoms with Crippen LogP contribution in [-0.2, 0) is 9.59 Å². The summed E-state index contributed by atoms with van der Waals surface area (Å²) in [6.45, 7) is 1.67. The normalized spacial score (nSPS) is 11.6. The molecule has 0 radical (unpaired) electrons. The van der Waals surface area contributed by atoms with Gasteiger partial charge in [0.15, 0.2) is 5.96 Å². The molecule has 0 unspecified atom stereocenters. The van der Waals surface area contributed by atoms with Crippen LogP contribution < -0.4 is 22.1 Å². The van der Waals surface area contributed by atoms with E-state index < -0.39 is 11.9 Å². The molecular weight excluding hydrogens is 341 g/mol. The monoisotopic (exact) mass is 359 g/mol. The first-order chi connectivity index (χ1) is 10.7.